The molecule has 1 saturated carbocycles. The summed E-state index contributed by atoms with van der Waals surface area (Å²) in [5, 5.41) is 3.46. The molecule has 1 N–H and O–H groups in total. The van der Waals surface area contributed by atoms with Crippen LogP contribution in [0.4, 0.5) is 0 Å². The van der Waals surface area contributed by atoms with Gasteiger partial charge in [0.05, 0.1) is 13.2 Å². The minimum atomic E-state index is 0.698. The van der Waals surface area contributed by atoms with Crippen LogP contribution in [0.2, 0.25) is 0 Å². The largest absolute Gasteiger partial charge is 0.377 e. The van der Waals surface area contributed by atoms with Gasteiger partial charge in [0.15, 0.2) is 0 Å². The van der Waals surface area contributed by atoms with E-state index in [0.29, 0.717) is 12.5 Å². The van der Waals surface area contributed by atoms with Crippen LogP contribution in [-0.4, -0.2) is 25.8 Å². The lowest BCUT2D eigenvalue weighted by Gasteiger charge is -2.25. The number of hydrogen-bond donors (Lipinski definition) is 1. The predicted octanol–water partition coefficient (Wildman–Crippen LogP) is 2.91. The molecule has 2 rings (SSSR count). The summed E-state index contributed by atoms with van der Waals surface area (Å²) in [7, 11) is 0. The lowest BCUT2D eigenvalue weighted by molar-refractivity contribution is 0.0938. The zero-order valence-corrected chi connectivity index (χ0v) is 11.0. The molecule has 0 aromatic carbocycles. The molecule has 1 fully saturated rings. The highest BCUT2D eigenvalue weighted by Gasteiger charge is 2.20. The number of hydrogen-bond acceptors (Lipinski definition) is 2. The third kappa shape index (κ3) is 4.64. The Morgan fingerprint density at radius 1 is 1.35 bits per heavy atom. The van der Waals surface area contributed by atoms with Gasteiger partial charge in [-0.2, -0.15) is 0 Å². The van der Waals surface area contributed by atoms with E-state index >= 15 is 0 Å². The summed E-state index contributed by atoms with van der Waals surface area (Å²) >= 11 is 0. The van der Waals surface area contributed by atoms with Crippen LogP contribution in [0.25, 0.3) is 0 Å². The van der Waals surface area contributed by atoms with Crippen LogP contribution in [0.5, 0.6) is 0 Å². The first-order chi connectivity index (χ1) is 8.25. The second-order valence-corrected chi connectivity index (χ2v) is 5.60. The summed E-state index contributed by atoms with van der Waals surface area (Å²) in [6.07, 6.45) is 9.63. The average Bonchev–Trinajstić information content (AvgIpc) is 3.13. The Morgan fingerprint density at radius 3 is 2.82 bits per heavy atom. The molecule has 2 nitrogen and oxygen atoms in total. The van der Waals surface area contributed by atoms with E-state index in [1.165, 1.54) is 31.3 Å². The van der Waals surface area contributed by atoms with E-state index in [4.69, 9.17) is 4.74 Å². The summed E-state index contributed by atoms with van der Waals surface area (Å²) < 4.78 is 5.78. The van der Waals surface area contributed by atoms with Crippen LogP contribution in [-0.2, 0) is 4.74 Å². The Hall–Kier alpha value is -0.600. The van der Waals surface area contributed by atoms with Crippen LogP contribution < -0.4 is 5.32 Å². The second kappa shape index (κ2) is 6.36. The fourth-order valence-electron chi connectivity index (χ4n) is 2.22. The third-order valence-corrected chi connectivity index (χ3v) is 3.77. The molecule has 0 bridgehead atoms. The lowest BCUT2D eigenvalue weighted by Crippen LogP contribution is -2.23. The Morgan fingerprint density at radius 2 is 2.12 bits per heavy atom. The maximum atomic E-state index is 5.78. The highest BCUT2D eigenvalue weighted by molar-refractivity contribution is 4.99. The zero-order chi connectivity index (χ0) is 12.1. The molecule has 2 atom stereocenters. The molecule has 0 spiro atoms. The van der Waals surface area contributed by atoms with Gasteiger partial charge in [-0.05, 0) is 43.1 Å². The number of nitrogens with one attached hydrogen (secondary N) is 1. The van der Waals surface area contributed by atoms with Gasteiger partial charge in [0.1, 0.15) is 0 Å². The number of rotatable bonds is 7. The fourth-order valence-corrected chi connectivity index (χ4v) is 2.22. The minimum absolute atomic E-state index is 0.698. The van der Waals surface area contributed by atoms with Gasteiger partial charge in [0.2, 0.25) is 0 Å². The molecule has 17 heavy (non-hydrogen) atoms. The zero-order valence-electron chi connectivity index (χ0n) is 11.0. The third-order valence-electron chi connectivity index (χ3n) is 3.77. The topological polar surface area (TPSA) is 21.3 Å². The molecule has 0 aromatic heterocycles. The molecular weight excluding hydrogens is 210 g/mol. The molecule has 2 aliphatic rings. The molecule has 0 radical (unpaired) electrons. The van der Waals surface area contributed by atoms with Gasteiger partial charge in [-0.15, -0.1) is 0 Å². The van der Waals surface area contributed by atoms with Crippen LogP contribution in [0.3, 0.4) is 0 Å². The van der Waals surface area contributed by atoms with Crippen molar-refractivity contribution in [1.82, 2.24) is 5.32 Å². The lowest BCUT2D eigenvalue weighted by atomic mass is 9.85. The first-order valence-corrected chi connectivity index (χ1v) is 6.88. The van der Waals surface area contributed by atoms with Gasteiger partial charge < -0.3 is 10.1 Å². The number of allylic oxidation sites excluding steroid dienone is 2. The normalized spacial score (nSPS) is 28.3. The Kier molecular flexibility index (Phi) is 4.81. The van der Waals surface area contributed by atoms with Crippen LogP contribution in [0, 0.1) is 11.8 Å². The van der Waals surface area contributed by atoms with Crippen molar-refractivity contribution < 1.29 is 4.74 Å². The van der Waals surface area contributed by atoms with Crippen LogP contribution in [0.1, 0.15) is 32.6 Å². The highest BCUT2D eigenvalue weighted by Crippen LogP contribution is 2.25. The van der Waals surface area contributed by atoms with E-state index < -0.39 is 0 Å². The van der Waals surface area contributed by atoms with Crippen LogP contribution in [0.15, 0.2) is 24.3 Å². The van der Waals surface area contributed by atoms with Crippen molar-refractivity contribution in [1.29, 1.82) is 0 Å². The summed E-state index contributed by atoms with van der Waals surface area (Å²) in [6.45, 7) is 8.89. The van der Waals surface area contributed by atoms with Crippen LogP contribution >= 0.6 is 0 Å². The van der Waals surface area contributed by atoms with Gasteiger partial charge in [0, 0.05) is 12.6 Å². The fraction of sp³-hybridized carbons (Fsp3) is 0.733. The van der Waals surface area contributed by atoms with Crippen molar-refractivity contribution in [3.63, 3.8) is 0 Å². The molecule has 0 saturated heterocycles. The SMILES string of the molecule is C=C(CNC1CC1)COCC1CC=CCC1C. The summed E-state index contributed by atoms with van der Waals surface area (Å²) in [5.41, 5.74) is 1.18. The quantitative estimate of drug-likeness (QED) is 0.685. The molecule has 0 amide bonds. The smallest absolute Gasteiger partial charge is 0.0686 e. The minimum Gasteiger partial charge on any atom is -0.377 e. The van der Waals surface area contributed by atoms with Gasteiger partial charge in [-0.3, -0.25) is 0 Å². The molecule has 2 unspecified atom stereocenters. The van der Waals surface area contributed by atoms with Gasteiger partial charge >= 0.3 is 0 Å². The molecule has 96 valence electrons. The maximum absolute atomic E-state index is 5.78. The van der Waals surface area contributed by atoms with Gasteiger partial charge in [-0.25, -0.2) is 0 Å². The molecule has 2 heteroatoms. The Balaban J connectivity index is 1.54. The van der Waals surface area contributed by atoms with Crippen molar-refractivity contribution in [3.8, 4) is 0 Å². The van der Waals surface area contributed by atoms with Gasteiger partial charge in [-0.1, -0.05) is 25.7 Å². The summed E-state index contributed by atoms with van der Waals surface area (Å²) in [5.74, 6) is 1.46. The number of ether oxygens (including phenoxy) is 1. The predicted molar refractivity (Wildman–Crippen MR) is 72.0 cm³/mol. The van der Waals surface area contributed by atoms with E-state index in [9.17, 15) is 0 Å². The second-order valence-electron chi connectivity index (χ2n) is 5.60. The Bertz CT molecular complexity index is 281. The first kappa shape index (κ1) is 12.8. The van der Waals surface area contributed by atoms with Crippen molar-refractivity contribution in [3.05, 3.63) is 24.3 Å². The monoisotopic (exact) mass is 235 g/mol. The van der Waals surface area contributed by atoms with Gasteiger partial charge in [0.25, 0.3) is 0 Å². The van der Waals surface area contributed by atoms with E-state index in [-0.39, 0.29) is 0 Å². The molecule has 0 aliphatic heterocycles. The molecule has 0 aromatic rings. The Labute approximate surface area is 105 Å². The van der Waals surface area contributed by atoms with E-state index in [1.807, 2.05) is 0 Å². The van der Waals surface area contributed by atoms with E-state index in [1.54, 1.807) is 0 Å². The van der Waals surface area contributed by atoms with Crippen molar-refractivity contribution in [2.45, 2.75) is 38.6 Å². The van der Waals surface area contributed by atoms with E-state index in [2.05, 4.69) is 31.0 Å². The average molecular weight is 235 g/mol. The standard InChI is InChI=1S/C15H25NO/c1-12(9-16-15-7-8-15)10-17-11-14-6-4-3-5-13(14)2/h3-4,13-16H,1,5-11H2,2H3. The summed E-state index contributed by atoms with van der Waals surface area (Å²) in [6, 6.07) is 0.759. The molecule has 0 heterocycles. The highest BCUT2D eigenvalue weighted by atomic mass is 16.5. The molecular formula is C15H25NO. The van der Waals surface area contributed by atoms with Crippen molar-refractivity contribution in [2.75, 3.05) is 19.8 Å². The van der Waals surface area contributed by atoms with E-state index in [0.717, 1.165) is 25.1 Å². The van der Waals surface area contributed by atoms with Crippen molar-refractivity contribution >= 4 is 0 Å². The van der Waals surface area contributed by atoms with Crippen molar-refractivity contribution in [2.24, 2.45) is 11.8 Å². The summed E-state index contributed by atoms with van der Waals surface area (Å²) in [4.78, 5) is 0. The first-order valence-electron chi connectivity index (χ1n) is 6.88. The maximum Gasteiger partial charge on any atom is 0.0686 e. The molecule has 2 aliphatic carbocycles.